The number of fused-ring (bicyclic) bond motifs is 3. The summed E-state index contributed by atoms with van der Waals surface area (Å²) in [4.78, 5) is 30.6. The summed E-state index contributed by atoms with van der Waals surface area (Å²) in [5, 5.41) is 0.325. The first-order valence-corrected chi connectivity index (χ1v) is 11.2. The fraction of sp³-hybridized carbons (Fsp3) is 0.400. The van der Waals surface area contributed by atoms with Crippen molar-refractivity contribution in [2.75, 3.05) is 6.61 Å². The fourth-order valence-corrected chi connectivity index (χ4v) is 5.84. The second-order valence-corrected chi connectivity index (χ2v) is 9.72. The van der Waals surface area contributed by atoms with Gasteiger partial charge < -0.3 is 20.4 Å². The molecule has 4 N–H and O–H groups in total. The van der Waals surface area contributed by atoms with Crippen LogP contribution in [0.4, 0.5) is 0 Å². The number of esters is 1. The molecule has 154 valence electrons. The first-order chi connectivity index (χ1) is 13.8. The molecule has 1 saturated carbocycles. The number of aromatic nitrogens is 2. The average Bonchev–Trinajstić information content (AvgIpc) is 3.33. The number of ether oxygens (including phenoxy) is 1. The summed E-state index contributed by atoms with van der Waals surface area (Å²) in [5.41, 5.74) is 6.38. The molecule has 2 aromatic heterocycles. The quantitative estimate of drug-likeness (QED) is 0.545. The number of pyridine rings is 1. The van der Waals surface area contributed by atoms with Crippen molar-refractivity contribution in [3.05, 3.63) is 40.3 Å². The summed E-state index contributed by atoms with van der Waals surface area (Å²) < 4.78 is 31.4. The van der Waals surface area contributed by atoms with Gasteiger partial charge in [0.1, 0.15) is 5.52 Å². The van der Waals surface area contributed by atoms with Gasteiger partial charge in [-0.15, -0.1) is 0 Å². The van der Waals surface area contributed by atoms with Crippen molar-refractivity contribution in [3.63, 3.8) is 0 Å². The molecule has 1 aliphatic carbocycles. The van der Waals surface area contributed by atoms with Gasteiger partial charge in [0, 0.05) is 28.5 Å². The van der Waals surface area contributed by atoms with Crippen LogP contribution in [-0.4, -0.2) is 42.3 Å². The smallest absolute Gasteiger partial charge is 0.340 e. The molecule has 29 heavy (non-hydrogen) atoms. The molecule has 0 spiro atoms. The molecule has 3 aromatic rings. The summed E-state index contributed by atoms with van der Waals surface area (Å²) in [7, 11) is -3.57. The zero-order chi connectivity index (χ0) is 20.8. The first-order valence-electron chi connectivity index (χ1n) is 9.66. The van der Waals surface area contributed by atoms with Crippen molar-refractivity contribution in [3.8, 4) is 0 Å². The Balaban J connectivity index is 1.90. The lowest BCUT2D eigenvalue weighted by atomic mass is 10.1. The maximum atomic E-state index is 13.1. The maximum absolute atomic E-state index is 13.1. The molecule has 0 amide bonds. The van der Waals surface area contributed by atoms with Gasteiger partial charge in [-0.25, -0.2) is 13.2 Å². The third kappa shape index (κ3) is 3.34. The fourth-order valence-electron chi connectivity index (χ4n) is 3.96. The molecule has 4 rings (SSSR count). The van der Waals surface area contributed by atoms with Crippen molar-refractivity contribution >= 4 is 37.6 Å². The molecule has 0 saturated heterocycles. The van der Waals surface area contributed by atoms with Crippen molar-refractivity contribution in [2.24, 2.45) is 5.73 Å². The number of aromatic amines is 2. The monoisotopic (exact) mass is 417 g/mol. The van der Waals surface area contributed by atoms with E-state index in [1.54, 1.807) is 6.07 Å². The van der Waals surface area contributed by atoms with Crippen LogP contribution < -0.4 is 11.3 Å². The van der Waals surface area contributed by atoms with Gasteiger partial charge in [-0.05, 0) is 43.9 Å². The zero-order valence-electron chi connectivity index (χ0n) is 16.0. The van der Waals surface area contributed by atoms with Crippen molar-refractivity contribution in [2.45, 2.75) is 48.8 Å². The van der Waals surface area contributed by atoms with Crippen molar-refractivity contribution in [1.29, 1.82) is 0 Å². The van der Waals surface area contributed by atoms with Crippen LogP contribution in [0.25, 0.3) is 21.8 Å². The van der Waals surface area contributed by atoms with E-state index in [0.717, 1.165) is 0 Å². The molecule has 0 aliphatic heterocycles. The number of carbonyl (C=O) groups excluding carboxylic acids is 1. The summed E-state index contributed by atoms with van der Waals surface area (Å²) >= 11 is 0. The Morgan fingerprint density at radius 2 is 2.10 bits per heavy atom. The largest absolute Gasteiger partial charge is 0.462 e. The van der Waals surface area contributed by atoms with Crippen molar-refractivity contribution < 1.29 is 17.9 Å². The molecule has 1 aromatic carbocycles. The molecule has 2 atom stereocenters. The predicted molar refractivity (Wildman–Crippen MR) is 110 cm³/mol. The number of H-pyrrole nitrogens is 2. The van der Waals surface area contributed by atoms with Crippen molar-refractivity contribution in [1.82, 2.24) is 9.97 Å². The van der Waals surface area contributed by atoms with Crippen LogP contribution in [0, 0.1) is 0 Å². The predicted octanol–water partition coefficient (Wildman–Crippen LogP) is 2.23. The van der Waals surface area contributed by atoms with Gasteiger partial charge in [0.15, 0.2) is 9.84 Å². The molecule has 0 bridgehead atoms. The highest BCUT2D eigenvalue weighted by Crippen LogP contribution is 2.32. The van der Waals surface area contributed by atoms with Gasteiger partial charge in [0.05, 0.1) is 22.3 Å². The highest BCUT2D eigenvalue weighted by atomic mass is 32.2. The second kappa shape index (κ2) is 7.31. The topological polar surface area (TPSA) is 135 Å². The first kappa shape index (κ1) is 19.7. The maximum Gasteiger partial charge on any atom is 0.340 e. The highest BCUT2D eigenvalue weighted by molar-refractivity contribution is 7.92. The number of hydrogen-bond acceptors (Lipinski definition) is 6. The van der Waals surface area contributed by atoms with Gasteiger partial charge in [-0.3, -0.25) is 4.79 Å². The van der Waals surface area contributed by atoms with Gasteiger partial charge in [0.25, 0.3) is 5.56 Å². The zero-order valence-corrected chi connectivity index (χ0v) is 16.8. The molecule has 1 fully saturated rings. The number of carbonyl (C=O) groups is 1. The molecular weight excluding hydrogens is 394 g/mol. The Kier molecular flexibility index (Phi) is 4.95. The van der Waals surface area contributed by atoms with Crippen LogP contribution in [0.2, 0.25) is 0 Å². The van der Waals surface area contributed by atoms with E-state index in [4.69, 9.17) is 10.5 Å². The Morgan fingerprint density at radius 1 is 1.31 bits per heavy atom. The third-order valence-electron chi connectivity index (χ3n) is 5.47. The van der Waals surface area contributed by atoms with E-state index in [1.165, 1.54) is 18.3 Å². The molecular formula is C20H23N3O5S. The average molecular weight is 417 g/mol. The minimum atomic E-state index is -3.57. The van der Waals surface area contributed by atoms with Gasteiger partial charge in [-0.1, -0.05) is 6.92 Å². The normalized spacial score (nSPS) is 19.8. The lowest BCUT2D eigenvalue weighted by Crippen LogP contribution is -2.22. The Bertz CT molecular complexity index is 1260. The number of nitrogens with one attached hydrogen (secondary N) is 2. The molecule has 0 radical (unpaired) electrons. The van der Waals surface area contributed by atoms with E-state index < -0.39 is 21.1 Å². The van der Waals surface area contributed by atoms with E-state index in [2.05, 4.69) is 9.97 Å². The molecule has 1 aliphatic rings. The number of sulfone groups is 1. The van der Waals surface area contributed by atoms with Crippen LogP contribution >= 0.6 is 0 Å². The van der Waals surface area contributed by atoms with Gasteiger partial charge in [0.2, 0.25) is 0 Å². The SMILES string of the molecule is CCCOC(=O)c1c[nH]c2c(=O)[nH]c3ccc(S(=O)(=O)[C@@H]4CCC(N)C4)cc3c12. The Labute approximate surface area is 167 Å². The second-order valence-electron chi connectivity index (χ2n) is 7.49. The molecule has 8 nitrogen and oxygen atoms in total. The Morgan fingerprint density at radius 3 is 2.79 bits per heavy atom. The van der Waals surface area contributed by atoms with Crippen LogP contribution in [0.1, 0.15) is 43.0 Å². The number of rotatable bonds is 5. The van der Waals surface area contributed by atoms with Gasteiger partial charge in [-0.2, -0.15) is 0 Å². The van der Waals surface area contributed by atoms with Crippen LogP contribution in [0.15, 0.2) is 34.1 Å². The minimum Gasteiger partial charge on any atom is -0.462 e. The van der Waals surface area contributed by atoms with E-state index >= 15 is 0 Å². The lowest BCUT2D eigenvalue weighted by molar-refractivity contribution is 0.0507. The lowest BCUT2D eigenvalue weighted by Gasteiger charge is -2.13. The molecule has 2 heterocycles. The minimum absolute atomic E-state index is 0.108. The molecule has 9 heteroatoms. The van der Waals surface area contributed by atoms with E-state index in [0.29, 0.717) is 42.0 Å². The van der Waals surface area contributed by atoms with E-state index in [1.807, 2.05) is 6.92 Å². The summed E-state index contributed by atoms with van der Waals surface area (Å²) in [6, 6.07) is 4.47. The number of benzene rings is 1. The molecule has 1 unspecified atom stereocenters. The summed E-state index contributed by atoms with van der Waals surface area (Å²) in [5.74, 6) is -0.556. The summed E-state index contributed by atoms with van der Waals surface area (Å²) in [6.07, 6.45) is 3.73. The standard InChI is InChI=1S/C20H23N3O5S/c1-2-7-28-20(25)15-10-22-18-17(15)14-9-13(5-6-16(14)23-19(18)24)29(26,27)12-4-3-11(21)8-12/h5-6,9-12,22H,2-4,7-8,21H2,1H3,(H,23,24)/t11?,12-/m1/s1. The third-order valence-corrected chi connectivity index (χ3v) is 7.68. The van der Waals surface area contributed by atoms with Crippen LogP contribution in [-0.2, 0) is 14.6 Å². The van der Waals surface area contributed by atoms with E-state index in [-0.39, 0.29) is 34.2 Å². The van der Waals surface area contributed by atoms with Crippen LogP contribution in [0.3, 0.4) is 0 Å². The summed E-state index contributed by atoms with van der Waals surface area (Å²) in [6.45, 7) is 2.14. The Hall–Kier alpha value is -2.65. The van der Waals surface area contributed by atoms with Gasteiger partial charge >= 0.3 is 5.97 Å². The number of nitrogens with two attached hydrogens (primary N) is 1. The van der Waals surface area contributed by atoms with E-state index in [9.17, 15) is 18.0 Å². The highest BCUT2D eigenvalue weighted by Gasteiger charge is 2.34. The van der Waals surface area contributed by atoms with Crippen LogP contribution in [0.5, 0.6) is 0 Å². The number of hydrogen-bond donors (Lipinski definition) is 3.